The van der Waals surface area contributed by atoms with Crippen molar-refractivity contribution in [3.8, 4) is 0 Å². The summed E-state index contributed by atoms with van der Waals surface area (Å²) in [5, 5.41) is 24.2. The van der Waals surface area contributed by atoms with Crippen LogP contribution in [0.25, 0.3) is 0 Å². The highest BCUT2D eigenvalue weighted by atomic mass is 32.2. The number of hydrogen-bond donors (Lipinski definition) is 3. The molecule has 0 rings (SSSR count). The maximum absolute atomic E-state index is 9.87. The summed E-state index contributed by atoms with van der Waals surface area (Å²) in [5.74, 6) is 0.0983. The molecule has 14 heavy (non-hydrogen) atoms. The van der Waals surface area contributed by atoms with E-state index >= 15 is 0 Å². The lowest BCUT2D eigenvalue weighted by atomic mass is 10.3. The zero-order valence-electron chi connectivity index (χ0n) is 8.10. The maximum Gasteiger partial charge on any atom is 0.310 e. The number of hydrogen-bond acceptors (Lipinski definition) is 5. The molecule has 0 amide bonds. The smallest absolute Gasteiger partial charge is 0.310 e. The zero-order valence-corrected chi connectivity index (χ0v) is 8.92. The fourth-order valence-electron chi connectivity index (χ4n) is 0.444. The monoisotopic (exact) mass is 224 g/mol. The molecule has 0 aliphatic carbocycles. The summed E-state index contributed by atoms with van der Waals surface area (Å²) < 4.78 is 0. The Morgan fingerprint density at radius 2 is 1.57 bits per heavy atom. The van der Waals surface area contributed by atoms with Gasteiger partial charge < -0.3 is 15.3 Å². The molecule has 0 bridgehead atoms. The standard InChI is InChI=1S/C4H6O3.C4H10O2S/c1-3(5)2-4(6)7;5-1-3-7-4-2-6/h2H2,1H3,(H,6,7);5-6H,1-4H2. The Kier molecular flexibility index (Phi) is 14.1. The number of aliphatic hydroxyl groups is 2. The number of carboxylic acid groups (broad SMARTS) is 1. The fourth-order valence-corrected chi connectivity index (χ4v) is 0.906. The highest BCUT2D eigenvalue weighted by Crippen LogP contribution is 1.94. The summed E-state index contributed by atoms with van der Waals surface area (Å²) in [4.78, 5) is 19.5. The molecule has 0 heterocycles. The molecule has 0 fully saturated rings. The molecule has 0 aliphatic rings. The third-order valence-corrected chi connectivity index (χ3v) is 1.81. The van der Waals surface area contributed by atoms with Crippen molar-refractivity contribution in [2.24, 2.45) is 0 Å². The van der Waals surface area contributed by atoms with Crippen molar-refractivity contribution in [1.29, 1.82) is 0 Å². The van der Waals surface area contributed by atoms with E-state index in [0.717, 1.165) is 11.5 Å². The van der Waals surface area contributed by atoms with Crippen LogP contribution in [0.1, 0.15) is 13.3 Å². The summed E-state index contributed by atoms with van der Waals surface area (Å²) in [7, 11) is 0. The van der Waals surface area contributed by atoms with Crippen LogP contribution in [0.3, 0.4) is 0 Å². The van der Waals surface area contributed by atoms with Crippen molar-refractivity contribution in [2.75, 3.05) is 24.7 Å². The molecule has 6 heteroatoms. The van der Waals surface area contributed by atoms with Gasteiger partial charge >= 0.3 is 5.97 Å². The van der Waals surface area contributed by atoms with Crippen LogP contribution in [0.4, 0.5) is 0 Å². The van der Waals surface area contributed by atoms with Crippen LogP contribution in [0, 0.1) is 0 Å². The van der Waals surface area contributed by atoms with Gasteiger partial charge in [0.25, 0.3) is 0 Å². The highest BCUT2D eigenvalue weighted by molar-refractivity contribution is 7.99. The Morgan fingerprint density at radius 1 is 1.14 bits per heavy atom. The van der Waals surface area contributed by atoms with Gasteiger partial charge in [0.2, 0.25) is 0 Å². The largest absolute Gasteiger partial charge is 0.481 e. The van der Waals surface area contributed by atoms with Crippen LogP contribution in [0.5, 0.6) is 0 Å². The van der Waals surface area contributed by atoms with E-state index in [1.807, 2.05) is 0 Å². The first-order valence-corrected chi connectivity index (χ1v) is 5.20. The Bertz CT molecular complexity index is 144. The Morgan fingerprint density at radius 3 is 1.71 bits per heavy atom. The minimum atomic E-state index is -1.06. The first-order valence-electron chi connectivity index (χ1n) is 4.05. The van der Waals surface area contributed by atoms with Crippen molar-refractivity contribution < 1.29 is 24.9 Å². The number of ketones is 1. The lowest BCUT2D eigenvalue weighted by molar-refractivity contribution is -0.139. The summed E-state index contributed by atoms with van der Waals surface area (Å²) >= 11 is 1.55. The average Bonchev–Trinajstić information content (AvgIpc) is 2.04. The topological polar surface area (TPSA) is 94.8 Å². The molecular formula is C8H16O5S. The van der Waals surface area contributed by atoms with E-state index in [1.54, 1.807) is 11.8 Å². The number of Topliss-reactive ketones (excluding diaryl/α,β-unsaturated/α-hetero) is 1. The maximum atomic E-state index is 9.87. The third kappa shape index (κ3) is 22.5. The first kappa shape index (κ1) is 15.9. The summed E-state index contributed by atoms with van der Waals surface area (Å²) in [5.41, 5.74) is 0. The molecule has 0 unspecified atom stereocenters. The number of carbonyl (C=O) groups excluding carboxylic acids is 1. The second-order valence-electron chi connectivity index (χ2n) is 2.33. The van der Waals surface area contributed by atoms with Gasteiger partial charge in [-0.1, -0.05) is 0 Å². The molecule has 0 saturated carbocycles. The van der Waals surface area contributed by atoms with Crippen LogP contribution in [0.2, 0.25) is 0 Å². The van der Waals surface area contributed by atoms with E-state index in [9.17, 15) is 9.59 Å². The summed E-state index contributed by atoms with van der Waals surface area (Å²) in [6.07, 6.45) is -0.361. The SMILES string of the molecule is CC(=O)CC(=O)O.OCCSCCO. The molecule has 3 N–H and O–H groups in total. The molecule has 0 spiro atoms. The van der Waals surface area contributed by atoms with Crippen LogP contribution in [-0.4, -0.2) is 51.8 Å². The fraction of sp³-hybridized carbons (Fsp3) is 0.750. The van der Waals surface area contributed by atoms with Gasteiger partial charge in [-0.05, 0) is 6.92 Å². The predicted octanol–water partition coefficient (Wildman–Crippen LogP) is -0.246. The van der Waals surface area contributed by atoms with Gasteiger partial charge in [-0.15, -0.1) is 0 Å². The van der Waals surface area contributed by atoms with Crippen molar-refractivity contribution in [3.63, 3.8) is 0 Å². The molecule has 0 saturated heterocycles. The van der Waals surface area contributed by atoms with Gasteiger partial charge in [0.05, 0.1) is 13.2 Å². The van der Waals surface area contributed by atoms with Crippen LogP contribution in [-0.2, 0) is 9.59 Å². The van der Waals surface area contributed by atoms with Gasteiger partial charge in [0, 0.05) is 11.5 Å². The number of aliphatic carboxylic acids is 1. The van der Waals surface area contributed by atoms with Crippen molar-refractivity contribution in [2.45, 2.75) is 13.3 Å². The average molecular weight is 224 g/mol. The summed E-state index contributed by atoms with van der Waals surface area (Å²) in [6, 6.07) is 0. The molecule has 0 atom stereocenters. The quantitative estimate of drug-likeness (QED) is 0.425. The predicted molar refractivity (Wildman–Crippen MR) is 54.4 cm³/mol. The van der Waals surface area contributed by atoms with E-state index < -0.39 is 5.97 Å². The molecule has 5 nitrogen and oxygen atoms in total. The molecule has 0 aromatic heterocycles. The Labute approximate surface area is 87.1 Å². The van der Waals surface area contributed by atoms with Crippen LogP contribution < -0.4 is 0 Å². The molecule has 0 radical (unpaired) electrons. The van der Waals surface area contributed by atoms with Crippen molar-refractivity contribution in [3.05, 3.63) is 0 Å². The molecule has 0 aromatic rings. The normalized spacial score (nSPS) is 8.79. The number of aliphatic hydroxyl groups excluding tert-OH is 2. The van der Waals surface area contributed by atoms with E-state index in [-0.39, 0.29) is 25.4 Å². The Balaban J connectivity index is 0. The molecule has 0 aliphatic heterocycles. The van der Waals surface area contributed by atoms with Crippen LogP contribution >= 0.6 is 11.8 Å². The van der Waals surface area contributed by atoms with Gasteiger partial charge in [-0.2, -0.15) is 11.8 Å². The second kappa shape index (κ2) is 12.4. The summed E-state index contributed by atoms with van der Waals surface area (Å²) in [6.45, 7) is 1.67. The van der Waals surface area contributed by atoms with E-state index in [1.165, 1.54) is 6.92 Å². The second-order valence-corrected chi connectivity index (χ2v) is 3.56. The van der Waals surface area contributed by atoms with E-state index in [2.05, 4.69) is 0 Å². The molecule has 84 valence electrons. The minimum absolute atomic E-state index is 0.213. The Hall–Kier alpha value is -0.590. The van der Waals surface area contributed by atoms with Crippen molar-refractivity contribution in [1.82, 2.24) is 0 Å². The number of carbonyl (C=O) groups is 2. The zero-order chi connectivity index (χ0) is 11.4. The van der Waals surface area contributed by atoms with E-state index in [4.69, 9.17) is 15.3 Å². The van der Waals surface area contributed by atoms with Gasteiger partial charge in [-0.3, -0.25) is 9.59 Å². The van der Waals surface area contributed by atoms with Crippen molar-refractivity contribution >= 4 is 23.5 Å². The molecular weight excluding hydrogens is 208 g/mol. The van der Waals surface area contributed by atoms with Crippen LogP contribution in [0.15, 0.2) is 0 Å². The number of carboxylic acids is 1. The lowest BCUT2D eigenvalue weighted by Gasteiger charge is -1.90. The van der Waals surface area contributed by atoms with Gasteiger partial charge in [0.1, 0.15) is 12.2 Å². The lowest BCUT2D eigenvalue weighted by Crippen LogP contribution is -2.00. The first-order chi connectivity index (χ1) is 6.54. The number of rotatable bonds is 6. The third-order valence-electron chi connectivity index (χ3n) is 0.871. The highest BCUT2D eigenvalue weighted by Gasteiger charge is 1.98. The van der Waals surface area contributed by atoms with E-state index in [0.29, 0.717) is 0 Å². The molecule has 0 aromatic carbocycles. The van der Waals surface area contributed by atoms with Gasteiger partial charge in [0.15, 0.2) is 0 Å². The minimum Gasteiger partial charge on any atom is -0.481 e. The number of thioether (sulfide) groups is 1. The van der Waals surface area contributed by atoms with Gasteiger partial charge in [-0.25, -0.2) is 0 Å².